The lowest BCUT2D eigenvalue weighted by atomic mass is 9.80. The smallest absolute Gasteiger partial charge is 0.321 e. The molecule has 1 aliphatic carbocycles. The van der Waals surface area contributed by atoms with E-state index in [0.29, 0.717) is 6.61 Å². The molecule has 0 aliphatic heterocycles. The fourth-order valence-electron chi connectivity index (χ4n) is 2.62. The summed E-state index contributed by atoms with van der Waals surface area (Å²) < 4.78 is 26.2. The van der Waals surface area contributed by atoms with Gasteiger partial charge >= 0.3 is 10.1 Å². The molecule has 4 heteroatoms. The molecule has 2 rings (SSSR count). The molecule has 1 N–H and O–H groups in total. The summed E-state index contributed by atoms with van der Waals surface area (Å²) in [6.45, 7) is 0.399. The Morgan fingerprint density at radius 3 is 2.29 bits per heavy atom. The molecule has 1 saturated carbocycles. The number of aliphatic hydroxyl groups is 1. The number of hydrogen-bond acceptors (Lipinski definition) is 2. The van der Waals surface area contributed by atoms with Gasteiger partial charge in [-0.05, 0) is 18.4 Å². The average molecular weight is 255 g/mol. The Morgan fingerprint density at radius 1 is 1.18 bits per heavy atom. The summed E-state index contributed by atoms with van der Waals surface area (Å²) in [5.74, 6) is 0. The molecular formula is C13H19O3S+. The second-order valence-corrected chi connectivity index (χ2v) is 6.60. The van der Waals surface area contributed by atoms with Crippen molar-refractivity contribution in [3.05, 3.63) is 35.9 Å². The van der Waals surface area contributed by atoms with E-state index in [-0.39, 0.29) is 5.41 Å². The van der Waals surface area contributed by atoms with E-state index in [0.717, 1.165) is 25.7 Å². The van der Waals surface area contributed by atoms with Crippen LogP contribution in [0.5, 0.6) is 0 Å². The second-order valence-electron chi connectivity index (χ2n) is 4.87. The van der Waals surface area contributed by atoms with Crippen LogP contribution in [0.4, 0.5) is 0 Å². The summed E-state index contributed by atoms with van der Waals surface area (Å²) in [7, 11) is -3.23. The first-order valence-corrected chi connectivity index (χ1v) is 7.81. The number of rotatable bonds is 4. The van der Waals surface area contributed by atoms with Crippen LogP contribution < -0.4 is 0 Å². The predicted molar refractivity (Wildman–Crippen MR) is 68.5 cm³/mol. The molecule has 0 radical (unpaired) electrons. The van der Waals surface area contributed by atoms with Gasteiger partial charge in [-0.15, -0.1) is 0 Å². The zero-order valence-corrected chi connectivity index (χ0v) is 10.9. The van der Waals surface area contributed by atoms with Crippen LogP contribution in [-0.2, 0) is 15.5 Å². The van der Waals surface area contributed by atoms with Crippen molar-refractivity contribution >= 4 is 10.1 Å². The molecule has 3 nitrogen and oxygen atoms in total. The summed E-state index contributed by atoms with van der Waals surface area (Å²) >= 11 is 0. The van der Waals surface area contributed by atoms with Gasteiger partial charge in [0.05, 0.1) is 5.41 Å². The molecule has 0 aromatic heterocycles. The van der Waals surface area contributed by atoms with Gasteiger partial charge in [-0.2, -0.15) is 8.42 Å². The lowest BCUT2D eigenvalue weighted by Gasteiger charge is -2.25. The molecule has 0 heterocycles. The van der Waals surface area contributed by atoms with Crippen LogP contribution in [0.2, 0.25) is 0 Å². The van der Waals surface area contributed by atoms with Gasteiger partial charge in [0.25, 0.3) is 0 Å². The zero-order valence-electron chi connectivity index (χ0n) is 10.1. The third-order valence-corrected chi connectivity index (χ3v) is 4.15. The first kappa shape index (κ1) is 12.6. The summed E-state index contributed by atoms with van der Waals surface area (Å²) in [6.07, 6.45) is 5.56. The Bertz CT molecular complexity index is 459. The van der Waals surface area contributed by atoms with Crippen LogP contribution in [0, 0.1) is 0 Å². The van der Waals surface area contributed by atoms with Crippen LogP contribution in [-0.4, -0.2) is 25.5 Å². The standard InChI is InChI=1S/C13H18O3S/c1-17(14,15)16-11-13(9-5-6-10-13)12-7-3-2-4-8-12/h2-4,7-8H,5-6,9-11H2,1H3/p+1. The monoisotopic (exact) mass is 255 g/mol. The van der Waals surface area contributed by atoms with E-state index < -0.39 is 10.1 Å². The average Bonchev–Trinajstić information content (AvgIpc) is 2.77. The van der Waals surface area contributed by atoms with Crippen LogP contribution in [0.3, 0.4) is 0 Å². The molecule has 1 aromatic rings. The largest absolute Gasteiger partial charge is 0.376 e. The van der Waals surface area contributed by atoms with Crippen molar-refractivity contribution in [1.82, 2.24) is 0 Å². The Morgan fingerprint density at radius 2 is 1.76 bits per heavy atom. The normalized spacial score (nSPS) is 19.4. The highest BCUT2D eigenvalue weighted by Crippen LogP contribution is 2.41. The maximum absolute atomic E-state index is 11.2. The van der Waals surface area contributed by atoms with Gasteiger partial charge in [-0.3, -0.25) is 0 Å². The first-order chi connectivity index (χ1) is 8.02. The minimum atomic E-state index is -3.23. The molecule has 1 aromatic carbocycles. The van der Waals surface area contributed by atoms with E-state index in [4.69, 9.17) is 0 Å². The molecule has 0 atom stereocenters. The third-order valence-electron chi connectivity index (χ3n) is 3.55. The van der Waals surface area contributed by atoms with E-state index in [1.54, 1.807) is 0 Å². The van der Waals surface area contributed by atoms with Crippen molar-refractivity contribution in [3.63, 3.8) is 0 Å². The molecule has 0 saturated heterocycles. The number of benzene rings is 1. The van der Waals surface area contributed by atoms with Gasteiger partial charge in [-0.1, -0.05) is 43.2 Å². The molecule has 0 bridgehead atoms. The third kappa shape index (κ3) is 3.07. The van der Waals surface area contributed by atoms with Gasteiger partial charge in [-0.25, -0.2) is 0 Å². The zero-order chi connectivity index (χ0) is 12.4. The molecule has 1 fully saturated rings. The lowest BCUT2D eigenvalue weighted by molar-refractivity contribution is 0.0938. The SMILES string of the molecule is CS(=O)(=O)[OH+]CC1(c2ccccc2)CCCC1. The Labute approximate surface area is 103 Å². The minimum Gasteiger partial charge on any atom is -0.321 e. The van der Waals surface area contributed by atoms with Crippen molar-refractivity contribution in [1.29, 1.82) is 0 Å². The van der Waals surface area contributed by atoms with Crippen LogP contribution >= 0.6 is 0 Å². The van der Waals surface area contributed by atoms with E-state index >= 15 is 0 Å². The quantitative estimate of drug-likeness (QED) is 0.469. The highest BCUT2D eigenvalue weighted by Gasteiger charge is 2.39. The van der Waals surface area contributed by atoms with Crippen LogP contribution in [0.1, 0.15) is 31.2 Å². The van der Waals surface area contributed by atoms with Crippen molar-refractivity contribution < 1.29 is 12.6 Å². The van der Waals surface area contributed by atoms with Crippen molar-refractivity contribution in [2.45, 2.75) is 31.1 Å². The molecule has 0 unspecified atom stereocenters. The maximum atomic E-state index is 11.2. The highest BCUT2D eigenvalue weighted by atomic mass is 32.2. The summed E-state index contributed by atoms with van der Waals surface area (Å²) in [5, 5.41) is 0. The van der Waals surface area contributed by atoms with Gasteiger partial charge in [0.1, 0.15) is 6.26 Å². The lowest BCUT2D eigenvalue weighted by Crippen LogP contribution is -2.32. The Kier molecular flexibility index (Phi) is 3.54. The molecule has 0 spiro atoms. The summed E-state index contributed by atoms with van der Waals surface area (Å²) in [6, 6.07) is 10.2. The van der Waals surface area contributed by atoms with E-state index in [1.807, 2.05) is 18.2 Å². The molecule has 17 heavy (non-hydrogen) atoms. The highest BCUT2D eigenvalue weighted by molar-refractivity contribution is 7.85. The molecule has 94 valence electrons. The van der Waals surface area contributed by atoms with Crippen LogP contribution in [0.25, 0.3) is 0 Å². The topological polar surface area (TPSA) is 46.9 Å². The Hall–Kier alpha value is -0.870. The van der Waals surface area contributed by atoms with E-state index in [2.05, 4.69) is 16.3 Å². The van der Waals surface area contributed by atoms with Crippen molar-refractivity contribution in [3.8, 4) is 0 Å². The minimum absolute atomic E-state index is 0.0512. The van der Waals surface area contributed by atoms with Gasteiger partial charge in [0, 0.05) is 0 Å². The van der Waals surface area contributed by atoms with Gasteiger partial charge in [0.15, 0.2) is 6.61 Å². The van der Waals surface area contributed by atoms with Crippen molar-refractivity contribution in [2.24, 2.45) is 0 Å². The van der Waals surface area contributed by atoms with Crippen LogP contribution in [0.15, 0.2) is 30.3 Å². The number of hydrogen-bond donors (Lipinski definition) is 0. The predicted octanol–water partition coefficient (Wildman–Crippen LogP) is 1.99. The van der Waals surface area contributed by atoms with Gasteiger partial charge in [0.2, 0.25) is 0 Å². The van der Waals surface area contributed by atoms with E-state index in [9.17, 15) is 8.42 Å². The van der Waals surface area contributed by atoms with Crippen molar-refractivity contribution in [2.75, 3.05) is 12.9 Å². The maximum Gasteiger partial charge on any atom is 0.376 e. The molecule has 0 amide bonds. The molecular weight excluding hydrogens is 236 g/mol. The van der Waals surface area contributed by atoms with Gasteiger partial charge < -0.3 is 4.18 Å². The first-order valence-electron chi connectivity index (χ1n) is 5.96. The fraction of sp³-hybridized carbons (Fsp3) is 0.538. The summed E-state index contributed by atoms with van der Waals surface area (Å²) in [4.78, 5) is 0. The van der Waals surface area contributed by atoms with E-state index in [1.165, 1.54) is 11.8 Å². The fourth-order valence-corrected chi connectivity index (χ4v) is 3.10. The second kappa shape index (κ2) is 4.78. The molecule has 1 aliphatic rings. The summed E-state index contributed by atoms with van der Waals surface area (Å²) in [5.41, 5.74) is 1.18. The Balaban J connectivity index is 2.22.